The average molecular weight is 430 g/mol. The van der Waals surface area contributed by atoms with Crippen molar-refractivity contribution in [2.24, 2.45) is 0 Å². The molecular formula is C15H9Cl2F4NO5. The lowest BCUT2D eigenvalue weighted by Crippen LogP contribution is -2.15. The van der Waals surface area contributed by atoms with E-state index in [1.165, 1.54) is 0 Å². The molecule has 0 amide bonds. The highest BCUT2D eigenvalue weighted by Crippen LogP contribution is 2.42. The van der Waals surface area contributed by atoms with E-state index >= 15 is 0 Å². The standard InChI is InChI=1S/C15H9Cl2F4NO5/c1-5(23)25-14(26-6(2)24)7-3-8(10(18)4-9(7)16)12-11(17)13(27-22-12)15(19,20)21/h3-4,14H,1-2H3. The Balaban J connectivity index is 2.60. The van der Waals surface area contributed by atoms with Crippen molar-refractivity contribution in [3.05, 3.63) is 39.3 Å². The molecule has 27 heavy (non-hydrogen) atoms. The first-order valence-corrected chi connectivity index (χ1v) is 7.73. The van der Waals surface area contributed by atoms with E-state index in [-0.39, 0.29) is 10.6 Å². The molecule has 6 nitrogen and oxygen atoms in total. The number of rotatable bonds is 4. The fourth-order valence-electron chi connectivity index (χ4n) is 2.00. The van der Waals surface area contributed by atoms with Crippen LogP contribution in [0, 0.1) is 5.82 Å². The molecule has 12 heteroatoms. The first-order chi connectivity index (χ1) is 12.4. The molecule has 0 unspecified atom stereocenters. The van der Waals surface area contributed by atoms with Gasteiger partial charge in [-0.05, 0) is 12.1 Å². The van der Waals surface area contributed by atoms with E-state index in [4.69, 9.17) is 32.7 Å². The summed E-state index contributed by atoms with van der Waals surface area (Å²) in [5.41, 5.74) is -1.42. The van der Waals surface area contributed by atoms with Crippen molar-refractivity contribution in [2.45, 2.75) is 26.3 Å². The van der Waals surface area contributed by atoms with Gasteiger partial charge >= 0.3 is 18.1 Å². The first-order valence-electron chi connectivity index (χ1n) is 6.98. The van der Waals surface area contributed by atoms with Crippen molar-refractivity contribution < 1.29 is 41.1 Å². The largest absolute Gasteiger partial charge is 0.453 e. The summed E-state index contributed by atoms with van der Waals surface area (Å²) in [5.74, 6) is -4.42. The van der Waals surface area contributed by atoms with Gasteiger partial charge in [-0.15, -0.1) is 0 Å². The van der Waals surface area contributed by atoms with Crippen molar-refractivity contribution in [1.29, 1.82) is 0 Å². The van der Waals surface area contributed by atoms with E-state index in [9.17, 15) is 27.2 Å². The summed E-state index contributed by atoms with van der Waals surface area (Å²) >= 11 is 11.5. The molecule has 2 rings (SSSR count). The maximum absolute atomic E-state index is 14.3. The van der Waals surface area contributed by atoms with Crippen molar-refractivity contribution >= 4 is 35.1 Å². The Morgan fingerprint density at radius 1 is 1.15 bits per heavy atom. The Labute approximate surface area is 158 Å². The van der Waals surface area contributed by atoms with Gasteiger partial charge in [0.15, 0.2) is 0 Å². The van der Waals surface area contributed by atoms with E-state index in [0.29, 0.717) is 6.07 Å². The van der Waals surface area contributed by atoms with Gasteiger partial charge in [-0.2, -0.15) is 13.2 Å². The molecule has 0 radical (unpaired) electrons. The highest BCUT2D eigenvalue weighted by Gasteiger charge is 2.40. The number of aromatic nitrogens is 1. The Morgan fingerprint density at radius 3 is 2.15 bits per heavy atom. The molecule has 0 N–H and O–H groups in total. The van der Waals surface area contributed by atoms with Gasteiger partial charge in [-0.3, -0.25) is 9.59 Å². The van der Waals surface area contributed by atoms with Gasteiger partial charge < -0.3 is 14.0 Å². The number of carbonyl (C=O) groups is 2. The summed E-state index contributed by atoms with van der Waals surface area (Å²) in [6.07, 6.45) is -6.62. The third-order valence-electron chi connectivity index (χ3n) is 3.03. The SMILES string of the molecule is CC(=O)OC(OC(C)=O)c1cc(-c2noc(C(F)(F)F)c2Cl)c(F)cc1Cl. The normalized spacial score (nSPS) is 11.6. The van der Waals surface area contributed by atoms with E-state index in [1.54, 1.807) is 0 Å². The molecule has 0 atom stereocenters. The second kappa shape index (κ2) is 7.73. The number of alkyl halides is 3. The second-order valence-electron chi connectivity index (χ2n) is 5.08. The predicted octanol–water partition coefficient (Wildman–Crippen LogP) is 4.93. The minimum Gasteiger partial charge on any atom is -0.421 e. The Morgan fingerprint density at radius 2 is 1.70 bits per heavy atom. The molecule has 0 bridgehead atoms. The average Bonchev–Trinajstić information content (AvgIpc) is 2.87. The predicted molar refractivity (Wildman–Crippen MR) is 83.2 cm³/mol. The van der Waals surface area contributed by atoms with Crippen molar-refractivity contribution in [1.82, 2.24) is 5.16 Å². The van der Waals surface area contributed by atoms with Gasteiger partial charge in [0.25, 0.3) is 12.1 Å². The third-order valence-corrected chi connectivity index (χ3v) is 3.71. The van der Waals surface area contributed by atoms with Crippen LogP contribution in [0.1, 0.15) is 31.5 Å². The highest BCUT2D eigenvalue weighted by molar-refractivity contribution is 6.34. The maximum Gasteiger partial charge on any atom is 0.453 e. The van der Waals surface area contributed by atoms with Crippen LogP contribution in [0.5, 0.6) is 0 Å². The van der Waals surface area contributed by atoms with Gasteiger partial charge in [0.05, 0.1) is 10.6 Å². The zero-order chi connectivity index (χ0) is 20.5. The van der Waals surface area contributed by atoms with E-state index in [2.05, 4.69) is 9.68 Å². The zero-order valence-corrected chi connectivity index (χ0v) is 15.0. The van der Waals surface area contributed by atoms with Crippen molar-refractivity contribution in [3.8, 4) is 11.3 Å². The highest BCUT2D eigenvalue weighted by atomic mass is 35.5. The first kappa shape index (κ1) is 21.0. The summed E-state index contributed by atoms with van der Waals surface area (Å²) in [5, 5.41) is 1.84. The summed E-state index contributed by atoms with van der Waals surface area (Å²) < 4.78 is 66.4. The van der Waals surface area contributed by atoms with Crippen molar-refractivity contribution in [3.63, 3.8) is 0 Å². The third kappa shape index (κ3) is 4.69. The Hall–Kier alpha value is -2.33. The molecule has 1 aromatic heterocycles. The number of carbonyl (C=O) groups excluding carboxylic acids is 2. The quantitative estimate of drug-likeness (QED) is 0.389. The molecule has 0 aliphatic carbocycles. The van der Waals surface area contributed by atoms with E-state index < -0.39 is 52.3 Å². The van der Waals surface area contributed by atoms with Gasteiger partial charge in [0.2, 0.25) is 0 Å². The monoisotopic (exact) mass is 429 g/mol. The summed E-state index contributed by atoms with van der Waals surface area (Å²) in [7, 11) is 0. The fourth-order valence-corrected chi connectivity index (χ4v) is 2.52. The van der Waals surface area contributed by atoms with Gasteiger partial charge in [0.1, 0.15) is 16.5 Å². The van der Waals surface area contributed by atoms with Gasteiger partial charge in [0, 0.05) is 19.4 Å². The van der Waals surface area contributed by atoms with Crippen LogP contribution >= 0.6 is 23.2 Å². The molecule has 0 aliphatic heterocycles. The fraction of sp³-hybridized carbons (Fsp3) is 0.267. The molecule has 0 fully saturated rings. The van der Waals surface area contributed by atoms with E-state index in [1.807, 2.05) is 0 Å². The maximum atomic E-state index is 14.3. The van der Waals surface area contributed by atoms with Crippen LogP contribution in [-0.2, 0) is 25.2 Å². The lowest BCUT2D eigenvalue weighted by atomic mass is 10.1. The molecule has 1 heterocycles. The summed E-state index contributed by atoms with van der Waals surface area (Å²) in [6, 6.07) is 1.60. The van der Waals surface area contributed by atoms with Crippen LogP contribution in [0.3, 0.4) is 0 Å². The minimum atomic E-state index is -4.95. The molecule has 0 aliphatic rings. The Bertz CT molecular complexity index is 881. The second-order valence-corrected chi connectivity index (χ2v) is 5.86. The van der Waals surface area contributed by atoms with Crippen LogP contribution in [0.4, 0.5) is 17.6 Å². The van der Waals surface area contributed by atoms with Crippen LogP contribution in [0.25, 0.3) is 11.3 Å². The molecule has 0 spiro atoms. The number of hydrogen-bond acceptors (Lipinski definition) is 6. The topological polar surface area (TPSA) is 78.6 Å². The lowest BCUT2D eigenvalue weighted by molar-refractivity contribution is -0.186. The van der Waals surface area contributed by atoms with Crippen LogP contribution < -0.4 is 0 Å². The molecule has 146 valence electrons. The number of nitrogens with zero attached hydrogens (tertiary/aromatic N) is 1. The minimum absolute atomic E-state index is 0.217. The molecular weight excluding hydrogens is 421 g/mol. The summed E-state index contributed by atoms with van der Waals surface area (Å²) in [6.45, 7) is 2.03. The van der Waals surface area contributed by atoms with Crippen LogP contribution in [0.15, 0.2) is 16.7 Å². The molecule has 0 saturated heterocycles. The number of halogens is 6. The number of ether oxygens (including phenoxy) is 2. The Kier molecular flexibility index (Phi) is 6.01. The molecule has 1 aromatic carbocycles. The number of esters is 2. The number of hydrogen-bond donors (Lipinski definition) is 0. The molecule has 2 aromatic rings. The summed E-state index contributed by atoms with van der Waals surface area (Å²) in [4.78, 5) is 22.4. The van der Waals surface area contributed by atoms with E-state index in [0.717, 1.165) is 19.9 Å². The smallest absolute Gasteiger partial charge is 0.421 e. The molecule has 0 saturated carbocycles. The van der Waals surface area contributed by atoms with Gasteiger partial charge in [-0.25, -0.2) is 4.39 Å². The lowest BCUT2D eigenvalue weighted by Gasteiger charge is -2.19. The van der Waals surface area contributed by atoms with Crippen molar-refractivity contribution in [2.75, 3.05) is 0 Å². The number of benzene rings is 1. The van der Waals surface area contributed by atoms with Crippen LogP contribution in [-0.4, -0.2) is 17.1 Å². The van der Waals surface area contributed by atoms with Crippen LogP contribution in [0.2, 0.25) is 10.0 Å². The van der Waals surface area contributed by atoms with Gasteiger partial charge in [-0.1, -0.05) is 28.4 Å². The zero-order valence-electron chi connectivity index (χ0n) is 13.5.